The summed E-state index contributed by atoms with van der Waals surface area (Å²) in [7, 11) is 4.33. The van der Waals surface area contributed by atoms with Crippen LogP contribution in [0.2, 0.25) is 0 Å². The van der Waals surface area contributed by atoms with E-state index in [1.165, 1.54) is 30.0 Å². The van der Waals surface area contributed by atoms with E-state index in [-0.39, 0.29) is 11.5 Å². The quantitative estimate of drug-likeness (QED) is 0.770. The van der Waals surface area contributed by atoms with Crippen molar-refractivity contribution >= 4 is 29.3 Å². The minimum absolute atomic E-state index is 0.163. The van der Waals surface area contributed by atoms with Crippen LogP contribution in [0.3, 0.4) is 0 Å². The van der Waals surface area contributed by atoms with Gasteiger partial charge in [-0.3, -0.25) is 9.69 Å². The average Bonchev–Trinajstić information content (AvgIpc) is 2.70. The third-order valence-corrected chi connectivity index (χ3v) is 3.78. The standard InChI is InChI=1S/C19H20N2O5/c1-20(14-9-5-4-6-10-14)17(22)13-26-18(23)15-11-7-8-12-16(15)21(2)19(24)25-3/h4-12H,13H2,1-3H3. The van der Waals surface area contributed by atoms with Gasteiger partial charge in [-0.15, -0.1) is 0 Å². The number of benzene rings is 2. The van der Waals surface area contributed by atoms with Gasteiger partial charge in [0.25, 0.3) is 5.91 Å². The molecular weight excluding hydrogens is 336 g/mol. The monoisotopic (exact) mass is 356 g/mol. The van der Waals surface area contributed by atoms with Crippen LogP contribution in [0.5, 0.6) is 0 Å². The lowest BCUT2D eigenvalue weighted by Gasteiger charge is -2.19. The molecule has 7 heteroatoms. The normalized spacial score (nSPS) is 9.96. The zero-order chi connectivity index (χ0) is 19.1. The van der Waals surface area contributed by atoms with Crippen LogP contribution in [0.4, 0.5) is 16.2 Å². The van der Waals surface area contributed by atoms with Gasteiger partial charge in [0.05, 0.1) is 18.4 Å². The molecule has 0 saturated carbocycles. The molecular formula is C19H20N2O5. The first-order chi connectivity index (χ1) is 12.5. The maximum atomic E-state index is 12.4. The van der Waals surface area contributed by atoms with E-state index in [4.69, 9.17) is 4.74 Å². The number of hydrogen-bond acceptors (Lipinski definition) is 5. The molecule has 0 spiro atoms. The Labute approximate surface area is 151 Å². The smallest absolute Gasteiger partial charge is 0.413 e. The molecule has 2 aromatic rings. The number of ether oxygens (including phenoxy) is 2. The molecule has 2 aromatic carbocycles. The minimum Gasteiger partial charge on any atom is -0.452 e. The van der Waals surface area contributed by atoms with E-state index in [1.807, 2.05) is 18.2 Å². The number of carbonyl (C=O) groups excluding carboxylic acids is 3. The van der Waals surface area contributed by atoms with Gasteiger partial charge in [0.2, 0.25) is 0 Å². The molecule has 0 aliphatic rings. The van der Waals surface area contributed by atoms with Gasteiger partial charge in [-0.05, 0) is 24.3 Å². The Kier molecular flexibility index (Phi) is 6.32. The highest BCUT2D eigenvalue weighted by molar-refractivity contribution is 6.02. The van der Waals surface area contributed by atoms with Crippen molar-refractivity contribution in [3.05, 3.63) is 60.2 Å². The summed E-state index contributed by atoms with van der Waals surface area (Å²) in [5.41, 5.74) is 1.18. The van der Waals surface area contributed by atoms with Crippen molar-refractivity contribution in [3.63, 3.8) is 0 Å². The number of carbonyl (C=O) groups is 3. The van der Waals surface area contributed by atoms with E-state index < -0.39 is 18.7 Å². The van der Waals surface area contributed by atoms with Crippen LogP contribution in [-0.4, -0.2) is 45.8 Å². The number of rotatable bonds is 5. The van der Waals surface area contributed by atoms with Crippen molar-refractivity contribution in [2.24, 2.45) is 0 Å². The van der Waals surface area contributed by atoms with Gasteiger partial charge in [-0.2, -0.15) is 0 Å². The van der Waals surface area contributed by atoms with Gasteiger partial charge >= 0.3 is 12.1 Å². The Morgan fingerprint density at radius 2 is 1.50 bits per heavy atom. The molecule has 0 fully saturated rings. The van der Waals surface area contributed by atoms with E-state index >= 15 is 0 Å². The van der Waals surface area contributed by atoms with Gasteiger partial charge in [0, 0.05) is 19.8 Å². The third-order valence-electron chi connectivity index (χ3n) is 3.78. The summed E-state index contributed by atoms with van der Waals surface area (Å²) in [6.07, 6.45) is -0.620. The maximum absolute atomic E-state index is 12.4. The zero-order valence-corrected chi connectivity index (χ0v) is 14.8. The fraction of sp³-hybridized carbons (Fsp3) is 0.211. The highest BCUT2D eigenvalue weighted by atomic mass is 16.5. The maximum Gasteiger partial charge on any atom is 0.413 e. The second-order valence-corrected chi connectivity index (χ2v) is 5.41. The predicted molar refractivity (Wildman–Crippen MR) is 97.4 cm³/mol. The molecule has 0 unspecified atom stereocenters. The Morgan fingerprint density at radius 1 is 0.885 bits per heavy atom. The van der Waals surface area contributed by atoms with E-state index in [1.54, 1.807) is 37.4 Å². The molecule has 26 heavy (non-hydrogen) atoms. The van der Waals surface area contributed by atoms with Crippen molar-refractivity contribution in [1.82, 2.24) is 0 Å². The summed E-state index contributed by atoms with van der Waals surface area (Å²) >= 11 is 0. The topological polar surface area (TPSA) is 76.1 Å². The van der Waals surface area contributed by atoms with Crippen molar-refractivity contribution in [2.45, 2.75) is 0 Å². The first-order valence-corrected chi connectivity index (χ1v) is 7.85. The van der Waals surface area contributed by atoms with Crippen LogP contribution >= 0.6 is 0 Å². The number of hydrogen-bond donors (Lipinski definition) is 0. The highest BCUT2D eigenvalue weighted by Crippen LogP contribution is 2.21. The molecule has 0 aromatic heterocycles. The molecule has 0 bridgehead atoms. The Morgan fingerprint density at radius 3 is 2.15 bits per heavy atom. The van der Waals surface area contributed by atoms with Crippen molar-refractivity contribution in [1.29, 1.82) is 0 Å². The first kappa shape index (κ1) is 19.0. The fourth-order valence-corrected chi connectivity index (χ4v) is 2.27. The van der Waals surface area contributed by atoms with Crippen LogP contribution < -0.4 is 9.80 Å². The fourth-order valence-electron chi connectivity index (χ4n) is 2.27. The Balaban J connectivity index is 2.07. The average molecular weight is 356 g/mol. The number of methoxy groups -OCH3 is 1. The number of likely N-dealkylation sites (N-methyl/N-ethyl adjacent to an activating group) is 1. The van der Waals surface area contributed by atoms with Crippen LogP contribution in [0.1, 0.15) is 10.4 Å². The largest absolute Gasteiger partial charge is 0.452 e. The number of nitrogens with zero attached hydrogens (tertiary/aromatic N) is 2. The molecule has 2 rings (SSSR count). The van der Waals surface area contributed by atoms with Gasteiger partial charge in [-0.1, -0.05) is 30.3 Å². The zero-order valence-electron chi connectivity index (χ0n) is 14.8. The lowest BCUT2D eigenvalue weighted by molar-refractivity contribution is -0.121. The second-order valence-electron chi connectivity index (χ2n) is 5.41. The number of esters is 1. The van der Waals surface area contributed by atoms with Crippen molar-refractivity contribution < 1.29 is 23.9 Å². The molecule has 0 saturated heterocycles. The molecule has 2 amide bonds. The molecule has 136 valence electrons. The molecule has 0 N–H and O–H groups in total. The summed E-state index contributed by atoms with van der Waals surface area (Å²) in [4.78, 5) is 38.9. The van der Waals surface area contributed by atoms with Crippen LogP contribution in [0.25, 0.3) is 0 Å². The summed E-state index contributed by atoms with van der Waals surface area (Å²) in [5, 5.41) is 0. The molecule has 0 atom stereocenters. The van der Waals surface area contributed by atoms with Crippen molar-refractivity contribution in [2.75, 3.05) is 37.6 Å². The minimum atomic E-state index is -0.703. The summed E-state index contributed by atoms with van der Waals surface area (Å²) in [5.74, 6) is -1.07. The number of anilines is 2. The number of amides is 2. The number of para-hydroxylation sites is 2. The van der Waals surface area contributed by atoms with Gasteiger partial charge < -0.3 is 14.4 Å². The molecule has 7 nitrogen and oxygen atoms in total. The molecule has 0 aliphatic carbocycles. The molecule has 0 heterocycles. The van der Waals surface area contributed by atoms with Crippen LogP contribution in [-0.2, 0) is 14.3 Å². The first-order valence-electron chi connectivity index (χ1n) is 7.85. The van der Waals surface area contributed by atoms with E-state index in [0.29, 0.717) is 11.4 Å². The van der Waals surface area contributed by atoms with Crippen LogP contribution in [0.15, 0.2) is 54.6 Å². The van der Waals surface area contributed by atoms with E-state index in [0.717, 1.165) is 0 Å². The Bertz CT molecular complexity index is 792. The van der Waals surface area contributed by atoms with Gasteiger partial charge in [-0.25, -0.2) is 9.59 Å². The van der Waals surface area contributed by atoms with E-state index in [9.17, 15) is 14.4 Å². The van der Waals surface area contributed by atoms with E-state index in [2.05, 4.69) is 4.74 Å². The lowest BCUT2D eigenvalue weighted by Crippen LogP contribution is -2.31. The van der Waals surface area contributed by atoms with Crippen LogP contribution in [0, 0.1) is 0 Å². The third kappa shape index (κ3) is 4.38. The molecule has 0 aliphatic heterocycles. The van der Waals surface area contributed by atoms with Gasteiger partial charge in [0.15, 0.2) is 6.61 Å². The predicted octanol–water partition coefficient (Wildman–Crippen LogP) is 2.71. The SMILES string of the molecule is COC(=O)N(C)c1ccccc1C(=O)OCC(=O)N(C)c1ccccc1. The van der Waals surface area contributed by atoms with Crippen molar-refractivity contribution in [3.8, 4) is 0 Å². The summed E-state index contributed by atoms with van der Waals surface area (Å²) < 4.78 is 9.78. The summed E-state index contributed by atoms with van der Waals surface area (Å²) in [6, 6.07) is 15.4. The second kappa shape index (κ2) is 8.66. The van der Waals surface area contributed by atoms with Gasteiger partial charge in [0.1, 0.15) is 0 Å². The molecule has 0 radical (unpaired) electrons. The lowest BCUT2D eigenvalue weighted by atomic mass is 10.1. The Hall–Kier alpha value is -3.35. The summed E-state index contributed by atoms with van der Waals surface area (Å²) in [6.45, 7) is -0.416. The highest BCUT2D eigenvalue weighted by Gasteiger charge is 2.21.